The van der Waals surface area contributed by atoms with E-state index in [2.05, 4.69) is 16.5 Å². The minimum Gasteiger partial charge on any atom is -0.396 e. The van der Waals surface area contributed by atoms with Gasteiger partial charge in [-0.1, -0.05) is 11.6 Å². The van der Waals surface area contributed by atoms with Gasteiger partial charge in [0.2, 0.25) is 0 Å². The summed E-state index contributed by atoms with van der Waals surface area (Å²) in [6.45, 7) is 1.75. The highest BCUT2D eigenvalue weighted by atomic mass is 16.2. The molecule has 2 heterocycles. The maximum absolute atomic E-state index is 12.0. The highest BCUT2D eigenvalue weighted by Gasteiger charge is 2.15. The van der Waals surface area contributed by atoms with Crippen molar-refractivity contribution in [1.82, 2.24) is 15.4 Å². The number of nitrogens with one attached hydrogen (secondary N) is 1. The largest absolute Gasteiger partial charge is 0.396 e. The SMILES string of the molecule is O=C(NN1CCC=C(CCCO)C1)c1cccnc1. The van der Waals surface area contributed by atoms with E-state index in [0.717, 1.165) is 32.4 Å². The first kappa shape index (κ1) is 13.7. The van der Waals surface area contributed by atoms with Crippen LogP contribution in [0.15, 0.2) is 36.2 Å². The number of carbonyl (C=O) groups excluding carboxylic acids is 1. The number of nitrogens with zero attached hydrogens (tertiary/aromatic N) is 2. The van der Waals surface area contributed by atoms with Crippen molar-refractivity contribution in [2.75, 3.05) is 19.7 Å². The molecule has 1 amide bonds. The quantitative estimate of drug-likeness (QED) is 0.780. The number of pyridine rings is 1. The molecule has 0 fully saturated rings. The van der Waals surface area contributed by atoms with Gasteiger partial charge in [-0.2, -0.15) is 0 Å². The second-order valence-electron chi connectivity index (χ2n) is 4.58. The fourth-order valence-corrected chi connectivity index (χ4v) is 2.10. The standard InChI is InChI=1S/C14H19N3O2/c18-9-3-5-12-4-2-8-17(11-12)16-14(19)13-6-1-7-15-10-13/h1,4,6-7,10,18H,2-3,5,8-9,11H2,(H,16,19). The van der Waals surface area contributed by atoms with E-state index in [0.29, 0.717) is 5.56 Å². The van der Waals surface area contributed by atoms with Crippen LogP contribution in [0.3, 0.4) is 0 Å². The molecule has 0 saturated heterocycles. The molecule has 0 bridgehead atoms. The zero-order valence-corrected chi connectivity index (χ0v) is 10.9. The van der Waals surface area contributed by atoms with Crippen LogP contribution in [0.4, 0.5) is 0 Å². The lowest BCUT2D eigenvalue weighted by atomic mass is 10.1. The smallest absolute Gasteiger partial charge is 0.267 e. The summed E-state index contributed by atoms with van der Waals surface area (Å²) in [7, 11) is 0. The van der Waals surface area contributed by atoms with E-state index in [-0.39, 0.29) is 12.5 Å². The molecular weight excluding hydrogens is 242 g/mol. The summed E-state index contributed by atoms with van der Waals surface area (Å²) in [5.41, 5.74) is 4.73. The molecule has 102 valence electrons. The van der Waals surface area contributed by atoms with Gasteiger partial charge in [-0.25, -0.2) is 5.01 Å². The Bertz CT molecular complexity index is 445. The molecule has 0 atom stereocenters. The molecule has 0 radical (unpaired) electrons. The van der Waals surface area contributed by atoms with Crippen LogP contribution in [-0.2, 0) is 0 Å². The van der Waals surface area contributed by atoms with Gasteiger partial charge < -0.3 is 5.11 Å². The molecule has 19 heavy (non-hydrogen) atoms. The molecule has 1 aliphatic heterocycles. The van der Waals surface area contributed by atoms with Crippen LogP contribution in [0.5, 0.6) is 0 Å². The molecule has 0 aliphatic carbocycles. The third kappa shape index (κ3) is 4.15. The number of hydrogen-bond acceptors (Lipinski definition) is 4. The van der Waals surface area contributed by atoms with Crippen LogP contribution < -0.4 is 5.43 Å². The van der Waals surface area contributed by atoms with Crippen molar-refractivity contribution in [3.05, 3.63) is 41.7 Å². The van der Waals surface area contributed by atoms with Gasteiger partial charge in [0, 0.05) is 32.1 Å². The Morgan fingerprint density at radius 1 is 1.53 bits per heavy atom. The number of aliphatic hydroxyl groups excluding tert-OH is 1. The number of hydrogen-bond donors (Lipinski definition) is 2. The third-order valence-electron chi connectivity index (χ3n) is 3.07. The average Bonchev–Trinajstić information content (AvgIpc) is 2.46. The van der Waals surface area contributed by atoms with E-state index in [4.69, 9.17) is 5.11 Å². The number of carbonyl (C=O) groups is 1. The van der Waals surface area contributed by atoms with Crippen LogP contribution in [0.25, 0.3) is 0 Å². The van der Waals surface area contributed by atoms with Crippen molar-refractivity contribution < 1.29 is 9.90 Å². The lowest BCUT2D eigenvalue weighted by Crippen LogP contribution is -2.45. The Morgan fingerprint density at radius 2 is 2.42 bits per heavy atom. The van der Waals surface area contributed by atoms with Gasteiger partial charge in [0.05, 0.1) is 5.56 Å². The van der Waals surface area contributed by atoms with Crippen molar-refractivity contribution in [2.24, 2.45) is 0 Å². The van der Waals surface area contributed by atoms with Crippen molar-refractivity contribution in [2.45, 2.75) is 19.3 Å². The number of aromatic nitrogens is 1. The zero-order chi connectivity index (χ0) is 13.5. The summed E-state index contributed by atoms with van der Waals surface area (Å²) < 4.78 is 0. The molecule has 0 unspecified atom stereocenters. The van der Waals surface area contributed by atoms with E-state index in [1.165, 1.54) is 5.57 Å². The van der Waals surface area contributed by atoms with Gasteiger partial charge in [0.1, 0.15) is 0 Å². The highest BCUT2D eigenvalue weighted by molar-refractivity contribution is 5.93. The van der Waals surface area contributed by atoms with Crippen molar-refractivity contribution >= 4 is 5.91 Å². The fourth-order valence-electron chi connectivity index (χ4n) is 2.10. The van der Waals surface area contributed by atoms with Crippen molar-refractivity contribution in [3.8, 4) is 0 Å². The topological polar surface area (TPSA) is 65.5 Å². The molecule has 0 spiro atoms. The Labute approximate surface area is 112 Å². The molecular formula is C14H19N3O2. The molecule has 1 aromatic heterocycles. The van der Waals surface area contributed by atoms with Crippen molar-refractivity contribution in [3.63, 3.8) is 0 Å². The number of aliphatic hydroxyl groups is 1. The maximum atomic E-state index is 12.0. The highest BCUT2D eigenvalue weighted by Crippen LogP contribution is 2.13. The maximum Gasteiger partial charge on any atom is 0.267 e. The summed E-state index contributed by atoms with van der Waals surface area (Å²) in [4.78, 5) is 15.9. The Kier molecular flexibility index (Phi) is 5.06. The molecule has 5 heteroatoms. The van der Waals surface area contributed by atoms with Crippen LogP contribution in [0.1, 0.15) is 29.6 Å². The van der Waals surface area contributed by atoms with E-state index < -0.39 is 0 Å². The van der Waals surface area contributed by atoms with E-state index in [1.807, 2.05) is 5.01 Å². The van der Waals surface area contributed by atoms with Crippen LogP contribution >= 0.6 is 0 Å². The van der Waals surface area contributed by atoms with E-state index in [1.54, 1.807) is 24.5 Å². The number of amides is 1. The summed E-state index contributed by atoms with van der Waals surface area (Å²) in [6.07, 6.45) is 7.98. The first-order valence-corrected chi connectivity index (χ1v) is 6.54. The van der Waals surface area contributed by atoms with E-state index in [9.17, 15) is 4.79 Å². The summed E-state index contributed by atoms with van der Waals surface area (Å²) >= 11 is 0. The van der Waals surface area contributed by atoms with Gasteiger partial charge >= 0.3 is 0 Å². The lowest BCUT2D eigenvalue weighted by molar-refractivity contribution is 0.0797. The Balaban J connectivity index is 1.87. The van der Waals surface area contributed by atoms with Crippen molar-refractivity contribution in [1.29, 1.82) is 0 Å². The van der Waals surface area contributed by atoms with Gasteiger partial charge in [0.25, 0.3) is 5.91 Å². The third-order valence-corrected chi connectivity index (χ3v) is 3.07. The Hall–Kier alpha value is -1.72. The monoisotopic (exact) mass is 261 g/mol. The molecule has 0 aromatic carbocycles. The van der Waals surface area contributed by atoms with Crippen LogP contribution in [-0.4, -0.2) is 40.7 Å². The summed E-state index contributed by atoms with van der Waals surface area (Å²) in [5.74, 6) is -0.128. The summed E-state index contributed by atoms with van der Waals surface area (Å²) in [5, 5.41) is 10.8. The van der Waals surface area contributed by atoms with Crippen LogP contribution in [0.2, 0.25) is 0 Å². The predicted octanol–water partition coefficient (Wildman–Crippen LogP) is 1.13. The van der Waals surface area contributed by atoms with Gasteiger partial charge in [-0.05, 0) is 31.4 Å². The number of hydrazine groups is 1. The van der Waals surface area contributed by atoms with Gasteiger partial charge in [0.15, 0.2) is 0 Å². The second-order valence-corrected chi connectivity index (χ2v) is 4.58. The number of rotatable bonds is 5. The normalized spacial score (nSPS) is 15.9. The minimum absolute atomic E-state index is 0.128. The second kappa shape index (κ2) is 7.01. The molecule has 1 aromatic rings. The molecule has 1 aliphatic rings. The lowest BCUT2D eigenvalue weighted by Gasteiger charge is -2.27. The minimum atomic E-state index is -0.128. The first-order chi connectivity index (χ1) is 9.29. The van der Waals surface area contributed by atoms with Crippen LogP contribution in [0, 0.1) is 0 Å². The predicted molar refractivity (Wildman–Crippen MR) is 72.3 cm³/mol. The van der Waals surface area contributed by atoms with Gasteiger partial charge in [-0.3, -0.25) is 15.2 Å². The molecule has 2 rings (SSSR count). The fraction of sp³-hybridized carbons (Fsp3) is 0.429. The average molecular weight is 261 g/mol. The molecule has 2 N–H and O–H groups in total. The van der Waals surface area contributed by atoms with E-state index >= 15 is 0 Å². The Morgan fingerprint density at radius 3 is 3.16 bits per heavy atom. The molecule has 0 saturated carbocycles. The first-order valence-electron chi connectivity index (χ1n) is 6.54. The zero-order valence-electron chi connectivity index (χ0n) is 10.9. The van der Waals surface area contributed by atoms with Gasteiger partial charge in [-0.15, -0.1) is 0 Å². The molecule has 5 nitrogen and oxygen atoms in total. The summed E-state index contributed by atoms with van der Waals surface area (Å²) in [6, 6.07) is 3.49.